The van der Waals surface area contributed by atoms with Gasteiger partial charge in [0.25, 0.3) is 5.91 Å². The summed E-state index contributed by atoms with van der Waals surface area (Å²) in [6.45, 7) is 5.14. The van der Waals surface area contributed by atoms with Gasteiger partial charge in [-0.2, -0.15) is 0 Å². The Morgan fingerprint density at radius 2 is 2.05 bits per heavy atom. The molecule has 1 N–H and O–H groups in total. The van der Waals surface area contributed by atoms with Crippen LogP contribution in [0.3, 0.4) is 0 Å². The molecule has 118 valence electrons. The van der Waals surface area contributed by atoms with Crippen LogP contribution in [0.2, 0.25) is 0 Å². The molecule has 2 heterocycles. The quantitative estimate of drug-likeness (QED) is 0.910. The molecule has 0 unspecified atom stereocenters. The van der Waals surface area contributed by atoms with Crippen LogP contribution in [0, 0.1) is 5.92 Å². The summed E-state index contributed by atoms with van der Waals surface area (Å²) >= 11 is 0. The first-order valence-electron chi connectivity index (χ1n) is 7.97. The molecular weight excluding hydrogens is 280 g/mol. The van der Waals surface area contributed by atoms with Crippen molar-refractivity contribution in [1.82, 2.24) is 20.2 Å². The largest absolute Gasteiger partial charge is 0.353 e. The standard InChI is InChI=1S/C16H22N4O2/c1-10(2)7-13-15(21)17-5-6-20(13)16(22)12-8-18-14(19-9-12)11-3-4-11/h8-11,13H,3-7H2,1-2H3,(H,17,21)/t13-/m0/s1. The number of carbonyl (C=O) groups excluding carboxylic acids is 2. The zero-order chi connectivity index (χ0) is 15.7. The molecule has 1 aliphatic carbocycles. The van der Waals surface area contributed by atoms with Crippen molar-refractivity contribution < 1.29 is 9.59 Å². The molecule has 1 aromatic rings. The third-order valence-corrected chi connectivity index (χ3v) is 4.15. The molecule has 1 aliphatic heterocycles. The topological polar surface area (TPSA) is 75.2 Å². The van der Waals surface area contributed by atoms with Gasteiger partial charge in [0.05, 0.1) is 5.56 Å². The van der Waals surface area contributed by atoms with Gasteiger partial charge in [-0.1, -0.05) is 13.8 Å². The van der Waals surface area contributed by atoms with Gasteiger partial charge in [-0.25, -0.2) is 9.97 Å². The zero-order valence-electron chi connectivity index (χ0n) is 13.1. The average Bonchev–Trinajstić information content (AvgIpc) is 3.33. The molecule has 0 bridgehead atoms. The van der Waals surface area contributed by atoms with Crippen molar-refractivity contribution in [3.05, 3.63) is 23.8 Å². The predicted molar refractivity (Wildman–Crippen MR) is 81.3 cm³/mol. The van der Waals surface area contributed by atoms with E-state index in [1.807, 2.05) is 0 Å². The van der Waals surface area contributed by atoms with Crippen LogP contribution in [-0.2, 0) is 4.79 Å². The maximum atomic E-state index is 12.7. The number of nitrogens with zero attached hydrogens (tertiary/aromatic N) is 3. The Labute approximate surface area is 130 Å². The zero-order valence-corrected chi connectivity index (χ0v) is 13.1. The number of aromatic nitrogens is 2. The first-order chi connectivity index (χ1) is 10.6. The molecule has 0 spiro atoms. The second-order valence-corrected chi connectivity index (χ2v) is 6.54. The van der Waals surface area contributed by atoms with Crippen LogP contribution in [0.4, 0.5) is 0 Å². The minimum atomic E-state index is -0.399. The fraction of sp³-hybridized carbons (Fsp3) is 0.625. The molecular formula is C16H22N4O2. The highest BCUT2D eigenvalue weighted by Crippen LogP contribution is 2.37. The fourth-order valence-electron chi connectivity index (χ4n) is 2.81. The Morgan fingerprint density at radius 1 is 1.36 bits per heavy atom. The maximum Gasteiger partial charge on any atom is 0.257 e. The highest BCUT2D eigenvalue weighted by Gasteiger charge is 2.34. The van der Waals surface area contributed by atoms with E-state index in [0.29, 0.717) is 36.9 Å². The summed E-state index contributed by atoms with van der Waals surface area (Å²) in [6.07, 6.45) is 6.13. The van der Waals surface area contributed by atoms with Crippen LogP contribution in [-0.4, -0.2) is 45.8 Å². The summed E-state index contributed by atoms with van der Waals surface area (Å²) in [5.74, 6) is 1.43. The third-order valence-electron chi connectivity index (χ3n) is 4.15. The molecule has 2 aliphatic rings. The Balaban J connectivity index is 1.77. The summed E-state index contributed by atoms with van der Waals surface area (Å²) in [5.41, 5.74) is 0.466. The van der Waals surface area contributed by atoms with Crippen molar-refractivity contribution in [2.75, 3.05) is 13.1 Å². The molecule has 1 saturated heterocycles. The highest BCUT2D eigenvalue weighted by atomic mass is 16.2. The molecule has 6 nitrogen and oxygen atoms in total. The van der Waals surface area contributed by atoms with Crippen LogP contribution in [0.15, 0.2) is 12.4 Å². The van der Waals surface area contributed by atoms with Crippen molar-refractivity contribution in [2.24, 2.45) is 5.92 Å². The molecule has 6 heteroatoms. The molecule has 1 aromatic heterocycles. The smallest absolute Gasteiger partial charge is 0.257 e. The van der Waals surface area contributed by atoms with Crippen molar-refractivity contribution in [3.8, 4) is 0 Å². The third kappa shape index (κ3) is 3.10. The van der Waals surface area contributed by atoms with E-state index in [1.165, 1.54) is 0 Å². The maximum absolute atomic E-state index is 12.7. The van der Waals surface area contributed by atoms with Gasteiger partial charge < -0.3 is 10.2 Å². The highest BCUT2D eigenvalue weighted by molar-refractivity contribution is 5.97. The van der Waals surface area contributed by atoms with E-state index < -0.39 is 6.04 Å². The molecule has 0 aromatic carbocycles. The molecule has 1 atom stereocenters. The van der Waals surface area contributed by atoms with Gasteiger partial charge >= 0.3 is 0 Å². The van der Waals surface area contributed by atoms with Crippen LogP contribution < -0.4 is 5.32 Å². The van der Waals surface area contributed by atoms with Crippen LogP contribution in [0.1, 0.15) is 55.2 Å². The Bertz CT molecular complexity index is 566. The summed E-state index contributed by atoms with van der Waals surface area (Å²) < 4.78 is 0. The van der Waals surface area contributed by atoms with E-state index in [0.717, 1.165) is 18.7 Å². The molecule has 22 heavy (non-hydrogen) atoms. The fourth-order valence-corrected chi connectivity index (χ4v) is 2.81. The van der Waals surface area contributed by atoms with Crippen LogP contribution in [0.25, 0.3) is 0 Å². The molecule has 2 amide bonds. The Kier molecular flexibility index (Phi) is 4.09. The van der Waals surface area contributed by atoms with E-state index in [2.05, 4.69) is 29.1 Å². The van der Waals surface area contributed by atoms with Crippen LogP contribution >= 0.6 is 0 Å². The summed E-state index contributed by atoms with van der Waals surface area (Å²) in [7, 11) is 0. The average molecular weight is 302 g/mol. The second-order valence-electron chi connectivity index (χ2n) is 6.54. The molecule has 2 fully saturated rings. The van der Waals surface area contributed by atoms with E-state index in [-0.39, 0.29) is 11.8 Å². The van der Waals surface area contributed by atoms with Gasteiger partial charge in [0, 0.05) is 31.4 Å². The van der Waals surface area contributed by atoms with E-state index in [9.17, 15) is 9.59 Å². The van der Waals surface area contributed by atoms with Gasteiger partial charge in [0.2, 0.25) is 5.91 Å². The lowest BCUT2D eigenvalue weighted by Gasteiger charge is -2.35. The number of nitrogens with one attached hydrogen (secondary N) is 1. The molecule has 1 saturated carbocycles. The Hall–Kier alpha value is -1.98. The van der Waals surface area contributed by atoms with E-state index in [4.69, 9.17) is 0 Å². The van der Waals surface area contributed by atoms with Gasteiger partial charge in [0.1, 0.15) is 11.9 Å². The summed E-state index contributed by atoms with van der Waals surface area (Å²) in [5, 5.41) is 2.84. The van der Waals surface area contributed by atoms with Crippen molar-refractivity contribution >= 4 is 11.8 Å². The van der Waals surface area contributed by atoms with Gasteiger partial charge in [-0.05, 0) is 25.2 Å². The lowest BCUT2D eigenvalue weighted by Crippen LogP contribution is -2.57. The normalized spacial score (nSPS) is 21.9. The predicted octanol–water partition coefficient (Wildman–Crippen LogP) is 1.34. The number of amides is 2. The number of carbonyl (C=O) groups is 2. The lowest BCUT2D eigenvalue weighted by atomic mass is 9.99. The van der Waals surface area contributed by atoms with Crippen LogP contribution in [0.5, 0.6) is 0 Å². The number of piperazine rings is 1. The number of rotatable bonds is 4. The van der Waals surface area contributed by atoms with E-state index >= 15 is 0 Å². The first-order valence-corrected chi connectivity index (χ1v) is 7.97. The van der Waals surface area contributed by atoms with Gasteiger partial charge in [0.15, 0.2) is 0 Å². The number of hydrogen-bond acceptors (Lipinski definition) is 4. The van der Waals surface area contributed by atoms with Crippen molar-refractivity contribution in [3.63, 3.8) is 0 Å². The monoisotopic (exact) mass is 302 g/mol. The SMILES string of the molecule is CC(C)C[C@H]1C(=O)NCCN1C(=O)c1cnc(C2CC2)nc1. The first kappa shape index (κ1) is 14.9. The van der Waals surface area contributed by atoms with E-state index in [1.54, 1.807) is 17.3 Å². The summed E-state index contributed by atoms with van der Waals surface area (Å²) in [6, 6.07) is -0.399. The number of hydrogen-bond donors (Lipinski definition) is 1. The van der Waals surface area contributed by atoms with Gasteiger partial charge in [-0.3, -0.25) is 9.59 Å². The minimum Gasteiger partial charge on any atom is -0.353 e. The Morgan fingerprint density at radius 3 is 2.64 bits per heavy atom. The molecule has 0 radical (unpaired) electrons. The lowest BCUT2D eigenvalue weighted by molar-refractivity contribution is -0.128. The van der Waals surface area contributed by atoms with Crippen molar-refractivity contribution in [1.29, 1.82) is 0 Å². The second kappa shape index (κ2) is 6.02. The van der Waals surface area contributed by atoms with Gasteiger partial charge in [-0.15, -0.1) is 0 Å². The minimum absolute atomic E-state index is 0.0659. The summed E-state index contributed by atoms with van der Waals surface area (Å²) in [4.78, 5) is 35.1. The van der Waals surface area contributed by atoms with Crippen molar-refractivity contribution in [2.45, 2.75) is 45.1 Å². The molecule has 3 rings (SSSR count).